The van der Waals surface area contributed by atoms with Gasteiger partial charge in [-0.05, 0) is 42.8 Å². The third-order valence-electron chi connectivity index (χ3n) is 3.61. The average molecular weight is 392 g/mol. The van der Waals surface area contributed by atoms with E-state index >= 15 is 0 Å². The number of carbonyl (C=O) groups is 1. The molecular formula is C18H12F4N4O2. The molecule has 0 fully saturated rings. The summed E-state index contributed by atoms with van der Waals surface area (Å²) in [7, 11) is 0. The SMILES string of the molecule is Cc1cc(F)ccc1Oc1ncc(C(F)(F)F)cc1C(=O)Nc1ccnnc1. The van der Waals surface area contributed by atoms with E-state index in [4.69, 9.17) is 4.74 Å². The van der Waals surface area contributed by atoms with Crippen LogP contribution in [0.5, 0.6) is 11.6 Å². The van der Waals surface area contributed by atoms with Gasteiger partial charge < -0.3 is 10.1 Å². The summed E-state index contributed by atoms with van der Waals surface area (Å²) in [5.74, 6) is -1.61. The van der Waals surface area contributed by atoms with Gasteiger partial charge >= 0.3 is 6.18 Å². The zero-order valence-corrected chi connectivity index (χ0v) is 14.3. The Hall–Kier alpha value is -3.56. The number of amides is 1. The van der Waals surface area contributed by atoms with Crippen LogP contribution in [0.2, 0.25) is 0 Å². The average Bonchev–Trinajstić information content (AvgIpc) is 2.64. The number of halogens is 4. The number of aryl methyl sites for hydroxylation is 1. The molecule has 1 amide bonds. The van der Waals surface area contributed by atoms with Gasteiger partial charge in [-0.15, -0.1) is 0 Å². The summed E-state index contributed by atoms with van der Waals surface area (Å²) in [4.78, 5) is 16.2. The third kappa shape index (κ3) is 4.40. The molecule has 0 saturated carbocycles. The van der Waals surface area contributed by atoms with Crippen LogP contribution in [0, 0.1) is 12.7 Å². The Morgan fingerprint density at radius 3 is 2.54 bits per heavy atom. The lowest BCUT2D eigenvalue weighted by atomic mass is 10.1. The van der Waals surface area contributed by atoms with Gasteiger partial charge in [0, 0.05) is 6.20 Å². The molecule has 1 N–H and O–H groups in total. The van der Waals surface area contributed by atoms with Gasteiger partial charge in [0.25, 0.3) is 5.91 Å². The van der Waals surface area contributed by atoms with Crippen molar-refractivity contribution in [3.8, 4) is 11.6 Å². The van der Waals surface area contributed by atoms with Gasteiger partial charge in [-0.25, -0.2) is 9.37 Å². The van der Waals surface area contributed by atoms with Crippen LogP contribution in [0.4, 0.5) is 23.2 Å². The number of ether oxygens (including phenoxy) is 1. The lowest BCUT2D eigenvalue weighted by molar-refractivity contribution is -0.137. The first-order valence-electron chi connectivity index (χ1n) is 7.83. The second-order valence-corrected chi connectivity index (χ2v) is 5.67. The van der Waals surface area contributed by atoms with Gasteiger partial charge in [0.2, 0.25) is 5.88 Å². The summed E-state index contributed by atoms with van der Waals surface area (Å²) in [6.45, 7) is 1.55. The summed E-state index contributed by atoms with van der Waals surface area (Å²) in [6, 6.07) is 5.64. The maximum Gasteiger partial charge on any atom is 0.417 e. The number of rotatable bonds is 4. The molecule has 0 atom stereocenters. The van der Waals surface area contributed by atoms with Crippen LogP contribution in [-0.4, -0.2) is 21.1 Å². The molecule has 10 heteroatoms. The summed E-state index contributed by atoms with van der Waals surface area (Å²) >= 11 is 0. The molecule has 6 nitrogen and oxygen atoms in total. The summed E-state index contributed by atoms with van der Waals surface area (Å²) in [6.07, 6.45) is -1.62. The smallest absolute Gasteiger partial charge is 0.417 e. The molecule has 0 aliphatic carbocycles. The van der Waals surface area contributed by atoms with Crippen LogP contribution in [0.15, 0.2) is 48.9 Å². The standard InChI is InChI=1S/C18H12F4N4O2/c1-10-6-12(19)2-3-15(10)28-17-14(7-11(8-23-17)18(20,21)22)16(27)26-13-4-5-24-25-9-13/h2-9H,1H3,(H,24,26,27). The maximum absolute atomic E-state index is 13.2. The molecule has 0 unspecified atom stereocenters. The van der Waals surface area contributed by atoms with Crippen LogP contribution in [0.25, 0.3) is 0 Å². The van der Waals surface area contributed by atoms with E-state index in [1.54, 1.807) is 6.92 Å². The zero-order valence-electron chi connectivity index (χ0n) is 14.3. The first-order chi connectivity index (χ1) is 13.2. The van der Waals surface area contributed by atoms with Crippen molar-refractivity contribution >= 4 is 11.6 Å². The van der Waals surface area contributed by atoms with Crippen LogP contribution >= 0.6 is 0 Å². The first-order valence-corrected chi connectivity index (χ1v) is 7.83. The molecule has 0 aliphatic heterocycles. The van der Waals surface area contributed by atoms with Crippen molar-refractivity contribution in [1.29, 1.82) is 0 Å². The van der Waals surface area contributed by atoms with E-state index in [1.165, 1.54) is 30.6 Å². The second kappa shape index (κ2) is 7.59. The number of anilines is 1. The van der Waals surface area contributed by atoms with E-state index < -0.39 is 29.0 Å². The molecule has 3 rings (SSSR count). The maximum atomic E-state index is 13.2. The number of pyridine rings is 1. The lowest BCUT2D eigenvalue weighted by Gasteiger charge is -2.14. The van der Waals surface area contributed by atoms with Crippen molar-refractivity contribution in [1.82, 2.24) is 15.2 Å². The molecule has 144 valence electrons. The molecule has 0 spiro atoms. The number of alkyl halides is 3. The fourth-order valence-electron chi connectivity index (χ4n) is 2.25. The number of aromatic nitrogens is 3. The molecule has 0 radical (unpaired) electrons. The molecule has 0 aliphatic rings. The Bertz CT molecular complexity index is 1010. The van der Waals surface area contributed by atoms with Gasteiger partial charge in [-0.3, -0.25) is 4.79 Å². The fourth-order valence-corrected chi connectivity index (χ4v) is 2.25. The van der Waals surface area contributed by atoms with Gasteiger partial charge in [-0.2, -0.15) is 23.4 Å². The molecule has 0 bridgehead atoms. The van der Waals surface area contributed by atoms with Crippen LogP contribution in [-0.2, 0) is 6.18 Å². The normalized spacial score (nSPS) is 11.2. The summed E-state index contributed by atoms with van der Waals surface area (Å²) in [5.41, 5.74) is -0.961. The number of benzene rings is 1. The fraction of sp³-hybridized carbons (Fsp3) is 0.111. The topological polar surface area (TPSA) is 77.0 Å². The van der Waals surface area contributed by atoms with E-state index in [9.17, 15) is 22.4 Å². The number of hydrogen-bond acceptors (Lipinski definition) is 5. The van der Waals surface area contributed by atoms with E-state index in [-0.39, 0.29) is 17.3 Å². The number of hydrogen-bond donors (Lipinski definition) is 1. The highest BCUT2D eigenvalue weighted by molar-refractivity contribution is 6.05. The molecule has 28 heavy (non-hydrogen) atoms. The predicted octanol–water partition coefficient (Wildman–Crippen LogP) is 4.38. The highest BCUT2D eigenvalue weighted by atomic mass is 19.4. The predicted molar refractivity (Wildman–Crippen MR) is 90.4 cm³/mol. The minimum atomic E-state index is -4.70. The minimum Gasteiger partial charge on any atom is -0.438 e. The Morgan fingerprint density at radius 1 is 1.11 bits per heavy atom. The van der Waals surface area contributed by atoms with E-state index in [1.807, 2.05) is 0 Å². The van der Waals surface area contributed by atoms with Crippen LogP contribution in [0.3, 0.4) is 0 Å². The van der Waals surface area contributed by atoms with Crippen molar-refractivity contribution in [2.75, 3.05) is 5.32 Å². The largest absolute Gasteiger partial charge is 0.438 e. The van der Waals surface area contributed by atoms with Gasteiger partial charge in [-0.1, -0.05) is 0 Å². The Balaban J connectivity index is 2.00. The number of nitrogens with zero attached hydrogens (tertiary/aromatic N) is 3. The van der Waals surface area contributed by atoms with Gasteiger partial charge in [0.1, 0.15) is 17.1 Å². The summed E-state index contributed by atoms with van der Waals surface area (Å²) in [5, 5.41) is 9.51. The minimum absolute atomic E-state index is 0.147. The zero-order chi connectivity index (χ0) is 20.3. The Kier molecular flexibility index (Phi) is 5.21. The van der Waals surface area contributed by atoms with Crippen molar-refractivity contribution in [2.45, 2.75) is 13.1 Å². The van der Waals surface area contributed by atoms with Crippen molar-refractivity contribution in [2.24, 2.45) is 0 Å². The monoisotopic (exact) mass is 392 g/mol. The van der Waals surface area contributed by atoms with Crippen molar-refractivity contribution in [3.05, 3.63) is 71.4 Å². The molecule has 2 aromatic heterocycles. The Morgan fingerprint density at radius 2 is 1.89 bits per heavy atom. The molecular weight excluding hydrogens is 380 g/mol. The molecule has 3 aromatic rings. The number of nitrogens with one attached hydrogen (secondary N) is 1. The second-order valence-electron chi connectivity index (χ2n) is 5.67. The van der Waals surface area contributed by atoms with E-state index in [2.05, 4.69) is 20.5 Å². The van der Waals surface area contributed by atoms with Crippen LogP contribution in [0.1, 0.15) is 21.5 Å². The molecule has 2 heterocycles. The van der Waals surface area contributed by atoms with E-state index in [0.29, 0.717) is 17.8 Å². The van der Waals surface area contributed by atoms with Crippen molar-refractivity contribution < 1.29 is 27.1 Å². The van der Waals surface area contributed by atoms with Crippen LogP contribution < -0.4 is 10.1 Å². The quantitative estimate of drug-likeness (QED) is 0.667. The highest BCUT2D eigenvalue weighted by Crippen LogP contribution is 2.33. The first kappa shape index (κ1) is 19.2. The molecule has 0 saturated heterocycles. The number of carbonyl (C=O) groups excluding carboxylic acids is 1. The summed E-state index contributed by atoms with van der Waals surface area (Å²) < 4.78 is 57.9. The Labute approximate surface area is 156 Å². The van der Waals surface area contributed by atoms with Gasteiger partial charge in [0.15, 0.2) is 0 Å². The third-order valence-corrected chi connectivity index (χ3v) is 3.61. The van der Waals surface area contributed by atoms with E-state index in [0.717, 1.165) is 6.07 Å². The van der Waals surface area contributed by atoms with Gasteiger partial charge in [0.05, 0.1) is 23.6 Å². The highest BCUT2D eigenvalue weighted by Gasteiger charge is 2.33. The molecule has 1 aromatic carbocycles. The lowest BCUT2D eigenvalue weighted by Crippen LogP contribution is -2.16. The van der Waals surface area contributed by atoms with Crippen molar-refractivity contribution in [3.63, 3.8) is 0 Å².